The summed E-state index contributed by atoms with van der Waals surface area (Å²) in [6, 6.07) is 7.87. The first-order valence-electron chi connectivity index (χ1n) is 10.8. The minimum Gasteiger partial charge on any atom is -0.350 e. The summed E-state index contributed by atoms with van der Waals surface area (Å²) in [4.78, 5) is 33.3. The van der Waals surface area contributed by atoms with Crippen molar-refractivity contribution in [2.24, 2.45) is 11.3 Å². The molecule has 1 aliphatic heterocycles. The maximum atomic E-state index is 13.1. The van der Waals surface area contributed by atoms with Crippen molar-refractivity contribution in [3.8, 4) is 10.4 Å². The van der Waals surface area contributed by atoms with Crippen LogP contribution >= 0.6 is 11.3 Å². The summed E-state index contributed by atoms with van der Waals surface area (Å²) < 4.78 is 0. The second-order valence-electron chi connectivity index (χ2n) is 9.20. The van der Waals surface area contributed by atoms with Gasteiger partial charge in [0.25, 0.3) is 0 Å². The molecule has 0 bridgehead atoms. The molecule has 3 rings (SSSR count). The van der Waals surface area contributed by atoms with Crippen molar-refractivity contribution in [1.82, 2.24) is 15.2 Å². The average Bonchev–Trinajstić information content (AvgIpc) is 3.35. The number of benzene rings is 1. The largest absolute Gasteiger partial charge is 0.350 e. The van der Waals surface area contributed by atoms with Gasteiger partial charge in [0, 0.05) is 19.0 Å². The molecule has 1 aliphatic rings. The Morgan fingerprint density at radius 3 is 2.53 bits per heavy atom. The maximum absolute atomic E-state index is 13.1. The fraction of sp³-hybridized carbons (Fsp3) is 0.542. The molecule has 1 aromatic heterocycles. The number of aromatic nitrogens is 1. The highest BCUT2D eigenvalue weighted by Gasteiger charge is 2.40. The molecule has 0 spiro atoms. The van der Waals surface area contributed by atoms with Gasteiger partial charge in [-0.1, -0.05) is 52.0 Å². The van der Waals surface area contributed by atoms with Crippen molar-refractivity contribution in [3.05, 3.63) is 41.0 Å². The molecule has 1 fully saturated rings. The molecule has 0 aliphatic carbocycles. The van der Waals surface area contributed by atoms with Crippen molar-refractivity contribution in [1.29, 1.82) is 0 Å². The Morgan fingerprint density at radius 1 is 1.27 bits per heavy atom. The topological polar surface area (TPSA) is 62.3 Å². The van der Waals surface area contributed by atoms with Gasteiger partial charge in [0.1, 0.15) is 6.04 Å². The van der Waals surface area contributed by atoms with E-state index in [1.54, 1.807) is 11.3 Å². The molecule has 1 saturated heterocycles. The summed E-state index contributed by atoms with van der Waals surface area (Å²) in [5.74, 6) is 0.00700. The van der Waals surface area contributed by atoms with Crippen molar-refractivity contribution >= 4 is 23.2 Å². The van der Waals surface area contributed by atoms with Gasteiger partial charge in [0.15, 0.2) is 0 Å². The van der Waals surface area contributed by atoms with E-state index in [1.165, 1.54) is 4.88 Å². The van der Waals surface area contributed by atoms with E-state index >= 15 is 0 Å². The number of hydrogen-bond acceptors (Lipinski definition) is 4. The fourth-order valence-corrected chi connectivity index (χ4v) is 5.13. The number of likely N-dealkylation sites (tertiary alicyclic amines) is 1. The summed E-state index contributed by atoms with van der Waals surface area (Å²) in [6.07, 6.45) is 2.41. The van der Waals surface area contributed by atoms with Crippen LogP contribution in [0.4, 0.5) is 0 Å². The third kappa shape index (κ3) is 4.91. The lowest BCUT2D eigenvalue weighted by molar-refractivity contribution is -0.144. The first kappa shape index (κ1) is 22.5. The number of rotatable bonds is 6. The predicted molar refractivity (Wildman–Crippen MR) is 122 cm³/mol. The van der Waals surface area contributed by atoms with Gasteiger partial charge in [-0.2, -0.15) is 0 Å². The van der Waals surface area contributed by atoms with Crippen molar-refractivity contribution in [2.45, 2.75) is 66.5 Å². The molecule has 30 heavy (non-hydrogen) atoms. The molecule has 0 radical (unpaired) electrons. The Balaban J connectivity index is 1.61. The van der Waals surface area contributed by atoms with E-state index in [-0.39, 0.29) is 29.2 Å². The lowest BCUT2D eigenvalue weighted by Gasteiger charge is -2.34. The quantitative estimate of drug-likeness (QED) is 0.720. The van der Waals surface area contributed by atoms with Crippen LogP contribution in [0.3, 0.4) is 0 Å². The Kier molecular flexibility index (Phi) is 6.96. The van der Waals surface area contributed by atoms with Crippen LogP contribution in [0, 0.1) is 18.3 Å². The lowest BCUT2D eigenvalue weighted by atomic mass is 9.78. The van der Waals surface area contributed by atoms with Crippen LogP contribution in [-0.2, 0) is 16.1 Å². The molecule has 2 heterocycles. The van der Waals surface area contributed by atoms with Gasteiger partial charge in [0.05, 0.1) is 16.1 Å². The van der Waals surface area contributed by atoms with E-state index in [0.717, 1.165) is 36.1 Å². The predicted octanol–water partition coefficient (Wildman–Crippen LogP) is 4.80. The van der Waals surface area contributed by atoms with Crippen LogP contribution in [0.2, 0.25) is 0 Å². The molecule has 0 saturated carbocycles. The van der Waals surface area contributed by atoms with Crippen LogP contribution in [0.1, 0.15) is 58.2 Å². The van der Waals surface area contributed by atoms with Crippen molar-refractivity contribution in [2.75, 3.05) is 6.54 Å². The molecular weight excluding hydrogens is 394 g/mol. The third-order valence-electron chi connectivity index (χ3n) is 6.02. The fourth-order valence-electron chi connectivity index (χ4n) is 4.32. The molecule has 2 unspecified atom stereocenters. The SMILES string of the molecule is CCC(C(=O)N1CCCC1C(=O)NCc1ccc(-c2scnc2C)cc1)C(C)(C)C. The van der Waals surface area contributed by atoms with Gasteiger partial charge in [-0.25, -0.2) is 4.98 Å². The minimum absolute atomic E-state index is 0.0491. The van der Waals surface area contributed by atoms with Gasteiger partial charge in [-0.15, -0.1) is 11.3 Å². The van der Waals surface area contributed by atoms with E-state index in [0.29, 0.717) is 13.1 Å². The molecule has 2 amide bonds. The van der Waals surface area contributed by atoms with E-state index < -0.39 is 0 Å². The molecule has 6 heteroatoms. The number of carbonyl (C=O) groups is 2. The molecule has 2 atom stereocenters. The Morgan fingerprint density at radius 2 is 1.97 bits per heavy atom. The highest BCUT2D eigenvalue weighted by Crippen LogP contribution is 2.33. The first-order chi connectivity index (χ1) is 14.2. The number of nitrogens with zero attached hydrogens (tertiary/aromatic N) is 2. The normalized spacial score (nSPS) is 17.8. The summed E-state index contributed by atoms with van der Waals surface area (Å²) in [5, 5.41) is 3.04. The second kappa shape index (κ2) is 9.29. The number of thiazole rings is 1. The Bertz CT molecular complexity index is 883. The molecule has 2 aromatic rings. The van der Waals surface area contributed by atoms with Gasteiger partial charge in [0.2, 0.25) is 11.8 Å². The maximum Gasteiger partial charge on any atom is 0.243 e. The standard InChI is InChI=1S/C24H33N3O2S/c1-6-19(24(3,4)5)23(29)27-13-7-8-20(27)22(28)25-14-17-9-11-18(12-10-17)21-16(2)26-15-30-21/h9-12,15,19-20H,6-8,13-14H2,1-5H3,(H,25,28). The van der Waals surface area contributed by atoms with Crippen molar-refractivity contribution in [3.63, 3.8) is 0 Å². The molecule has 5 nitrogen and oxygen atoms in total. The number of carbonyl (C=O) groups excluding carboxylic acids is 2. The minimum atomic E-state index is -0.354. The van der Waals surface area contributed by atoms with Crippen LogP contribution in [0.5, 0.6) is 0 Å². The zero-order valence-electron chi connectivity index (χ0n) is 18.7. The molecule has 162 valence electrons. The molecular formula is C24H33N3O2S. The Labute approximate surface area is 183 Å². The molecule has 1 aromatic carbocycles. The van der Waals surface area contributed by atoms with Crippen LogP contribution in [-0.4, -0.2) is 34.3 Å². The third-order valence-corrected chi connectivity index (χ3v) is 7.00. The van der Waals surface area contributed by atoms with Crippen molar-refractivity contribution < 1.29 is 9.59 Å². The van der Waals surface area contributed by atoms with E-state index in [2.05, 4.69) is 50.1 Å². The lowest BCUT2D eigenvalue weighted by Crippen LogP contribution is -2.49. The smallest absolute Gasteiger partial charge is 0.243 e. The summed E-state index contributed by atoms with van der Waals surface area (Å²) in [6.45, 7) is 11.5. The highest BCUT2D eigenvalue weighted by molar-refractivity contribution is 7.13. The van der Waals surface area contributed by atoms with Crippen LogP contribution in [0.15, 0.2) is 29.8 Å². The van der Waals surface area contributed by atoms with Gasteiger partial charge < -0.3 is 10.2 Å². The van der Waals surface area contributed by atoms with Crippen LogP contribution < -0.4 is 5.32 Å². The highest BCUT2D eigenvalue weighted by atomic mass is 32.1. The van der Waals surface area contributed by atoms with E-state index in [1.807, 2.05) is 29.5 Å². The number of amides is 2. The second-order valence-corrected chi connectivity index (χ2v) is 10.1. The van der Waals surface area contributed by atoms with E-state index in [4.69, 9.17) is 0 Å². The summed E-state index contributed by atoms with van der Waals surface area (Å²) in [7, 11) is 0. The number of hydrogen-bond donors (Lipinski definition) is 1. The molecule has 1 N–H and O–H groups in total. The average molecular weight is 428 g/mol. The zero-order chi connectivity index (χ0) is 21.9. The summed E-state index contributed by atoms with van der Waals surface area (Å²) >= 11 is 1.63. The first-order valence-corrected chi connectivity index (χ1v) is 11.7. The van der Waals surface area contributed by atoms with E-state index in [9.17, 15) is 9.59 Å². The van der Waals surface area contributed by atoms with Gasteiger partial charge in [-0.05, 0) is 42.7 Å². The van der Waals surface area contributed by atoms with Gasteiger partial charge in [-0.3, -0.25) is 9.59 Å². The number of aryl methyl sites for hydroxylation is 1. The zero-order valence-corrected chi connectivity index (χ0v) is 19.5. The van der Waals surface area contributed by atoms with Crippen LogP contribution in [0.25, 0.3) is 10.4 Å². The summed E-state index contributed by atoms with van der Waals surface area (Å²) in [5.41, 5.74) is 4.98. The van der Waals surface area contributed by atoms with Gasteiger partial charge >= 0.3 is 0 Å². The Hall–Kier alpha value is -2.21. The number of nitrogens with one attached hydrogen (secondary N) is 1. The monoisotopic (exact) mass is 427 g/mol.